The molecule has 2 saturated heterocycles. The van der Waals surface area contributed by atoms with Crippen LogP contribution in [-0.4, -0.2) is 35.1 Å². The molecule has 4 rings (SSSR count). The number of rotatable bonds is 2. The molecule has 0 saturated carbocycles. The second-order valence-electron chi connectivity index (χ2n) is 6.53. The van der Waals surface area contributed by atoms with Gasteiger partial charge in [-0.05, 0) is 43.8 Å². The Hall–Kier alpha value is -2.28. The van der Waals surface area contributed by atoms with Gasteiger partial charge in [0.25, 0.3) is 0 Å². The molecule has 2 fully saturated rings. The molecule has 2 aliphatic rings. The molecule has 7 heteroatoms. The summed E-state index contributed by atoms with van der Waals surface area (Å²) >= 11 is 0. The molecule has 1 aromatic heterocycles. The molecular formula is C17H19FN4O2. The van der Waals surface area contributed by atoms with Crippen molar-refractivity contribution in [1.82, 2.24) is 20.8 Å². The number of H-pyrrole nitrogens is 1. The summed E-state index contributed by atoms with van der Waals surface area (Å²) < 4.78 is 14.9. The van der Waals surface area contributed by atoms with Crippen molar-refractivity contribution in [2.45, 2.75) is 37.5 Å². The van der Waals surface area contributed by atoms with Crippen LogP contribution in [-0.2, 0) is 9.59 Å². The highest BCUT2D eigenvalue weighted by Crippen LogP contribution is 2.34. The molecule has 0 spiro atoms. The van der Waals surface area contributed by atoms with Gasteiger partial charge in [-0.2, -0.15) is 5.10 Å². The molecule has 1 atom stereocenters. The van der Waals surface area contributed by atoms with Gasteiger partial charge in [0, 0.05) is 11.8 Å². The van der Waals surface area contributed by atoms with E-state index >= 15 is 0 Å². The van der Waals surface area contributed by atoms with E-state index in [1.807, 2.05) is 12.1 Å². The smallest absolute Gasteiger partial charge is 0.235 e. The molecule has 2 amide bonds. The number of nitrogens with zero attached hydrogens (tertiary/aromatic N) is 1. The number of nitrogens with one attached hydrogen (secondary N) is 3. The number of aromatic amines is 1. The van der Waals surface area contributed by atoms with Crippen molar-refractivity contribution in [3.05, 3.63) is 29.2 Å². The van der Waals surface area contributed by atoms with Gasteiger partial charge in [0.05, 0.1) is 11.6 Å². The highest BCUT2D eigenvalue weighted by atomic mass is 19.1. The Morgan fingerprint density at radius 1 is 1.12 bits per heavy atom. The summed E-state index contributed by atoms with van der Waals surface area (Å²) in [6.07, 6.45) is 2.51. The van der Waals surface area contributed by atoms with Crippen LogP contribution in [0.5, 0.6) is 0 Å². The second-order valence-corrected chi connectivity index (χ2v) is 6.53. The van der Waals surface area contributed by atoms with Crippen molar-refractivity contribution in [1.29, 1.82) is 0 Å². The van der Waals surface area contributed by atoms with E-state index in [0.29, 0.717) is 28.6 Å². The minimum atomic E-state index is -0.513. The number of carbonyl (C=O) groups excluding carboxylic acids is 2. The summed E-state index contributed by atoms with van der Waals surface area (Å²) in [5.74, 6) is -1.21. The first-order valence-corrected chi connectivity index (χ1v) is 8.36. The number of hydrogen-bond donors (Lipinski definition) is 3. The van der Waals surface area contributed by atoms with Gasteiger partial charge < -0.3 is 5.32 Å². The fourth-order valence-corrected chi connectivity index (χ4v) is 3.76. The number of halogens is 1. The number of aromatic nitrogens is 2. The van der Waals surface area contributed by atoms with Crippen LogP contribution in [0.15, 0.2) is 12.1 Å². The number of fused-ring (bicyclic) bond motifs is 1. The lowest BCUT2D eigenvalue weighted by atomic mass is 9.88. The molecule has 1 aromatic carbocycles. The third-order valence-electron chi connectivity index (χ3n) is 5.08. The Morgan fingerprint density at radius 2 is 1.92 bits per heavy atom. The number of amides is 2. The summed E-state index contributed by atoms with van der Waals surface area (Å²) in [7, 11) is 0. The second kappa shape index (κ2) is 5.98. The molecular weight excluding hydrogens is 311 g/mol. The maximum absolute atomic E-state index is 14.9. The lowest BCUT2D eigenvalue weighted by Crippen LogP contribution is -2.39. The third-order valence-corrected chi connectivity index (χ3v) is 5.08. The molecule has 0 aliphatic carbocycles. The van der Waals surface area contributed by atoms with Gasteiger partial charge in [0.15, 0.2) is 5.82 Å². The van der Waals surface area contributed by atoms with Gasteiger partial charge in [-0.1, -0.05) is 12.1 Å². The molecule has 2 aliphatic heterocycles. The predicted molar refractivity (Wildman–Crippen MR) is 86.0 cm³/mol. The molecule has 0 bridgehead atoms. The average Bonchev–Trinajstić information content (AvgIpc) is 3.01. The first kappa shape index (κ1) is 15.3. The lowest BCUT2D eigenvalue weighted by molar-refractivity contribution is -0.134. The maximum atomic E-state index is 14.9. The quantitative estimate of drug-likeness (QED) is 0.731. The number of piperidine rings is 2. The SMILES string of the molecule is O=C1CCC(c2n[nH]c3c(F)c(C4CCNCC4)ccc23)C(=O)N1. The van der Waals surface area contributed by atoms with Crippen LogP contribution in [0.4, 0.5) is 4.39 Å². The summed E-state index contributed by atoms with van der Waals surface area (Å²) in [6, 6.07) is 3.66. The zero-order valence-electron chi connectivity index (χ0n) is 13.2. The van der Waals surface area contributed by atoms with E-state index in [2.05, 4.69) is 20.8 Å². The van der Waals surface area contributed by atoms with Crippen molar-refractivity contribution in [3.63, 3.8) is 0 Å². The highest BCUT2D eigenvalue weighted by Gasteiger charge is 2.32. The topological polar surface area (TPSA) is 86.9 Å². The van der Waals surface area contributed by atoms with E-state index < -0.39 is 5.92 Å². The fraction of sp³-hybridized carbons (Fsp3) is 0.471. The Balaban J connectivity index is 1.71. The van der Waals surface area contributed by atoms with Gasteiger partial charge in [0.2, 0.25) is 11.8 Å². The normalized spacial score (nSPS) is 22.8. The Labute approximate surface area is 138 Å². The predicted octanol–water partition coefficient (Wildman–Crippen LogP) is 1.69. The van der Waals surface area contributed by atoms with Crippen molar-refractivity contribution in [3.8, 4) is 0 Å². The minimum Gasteiger partial charge on any atom is -0.317 e. The van der Waals surface area contributed by atoms with Crippen LogP contribution in [0, 0.1) is 5.82 Å². The van der Waals surface area contributed by atoms with Gasteiger partial charge in [0.1, 0.15) is 5.52 Å². The van der Waals surface area contributed by atoms with Crippen LogP contribution in [0.3, 0.4) is 0 Å². The van der Waals surface area contributed by atoms with Crippen molar-refractivity contribution in [2.24, 2.45) is 0 Å². The average molecular weight is 330 g/mol. The zero-order chi connectivity index (χ0) is 16.7. The standard InChI is InChI=1S/C17H19FN4O2/c18-14-10(9-5-7-19-8-6-9)1-2-11-15(21-22-16(11)14)12-3-4-13(23)20-17(12)24/h1-2,9,12,19H,3-8H2,(H,21,22)(H,20,23,24). The molecule has 0 radical (unpaired) electrons. The van der Waals surface area contributed by atoms with E-state index in [-0.39, 0.29) is 30.0 Å². The monoisotopic (exact) mass is 330 g/mol. The first-order chi connectivity index (χ1) is 11.6. The van der Waals surface area contributed by atoms with E-state index in [4.69, 9.17) is 0 Å². The van der Waals surface area contributed by atoms with E-state index in [1.54, 1.807) is 0 Å². The Kier molecular flexibility index (Phi) is 3.80. The van der Waals surface area contributed by atoms with Gasteiger partial charge >= 0.3 is 0 Å². The van der Waals surface area contributed by atoms with Crippen molar-refractivity contribution >= 4 is 22.7 Å². The summed E-state index contributed by atoms with van der Waals surface area (Å²) in [6.45, 7) is 1.79. The molecule has 126 valence electrons. The summed E-state index contributed by atoms with van der Waals surface area (Å²) in [5, 5.41) is 13.2. The first-order valence-electron chi connectivity index (χ1n) is 8.36. The largest absolute Gasteiger partial charge is 0.317 e. The van der Waals surface area contributed by atoms with Gasteiger partial charge in [-0.3, -0.25) is 20.0 Å². The minimum absolute atomic E-state index is 0.206. The van der Waals surface area contributed by atoms with Crippen LogP contribution >= 0.6 is 0 Å². The number of carbonyl (C=O) groups is 2. The summed E-state index contributed by atoms with van der Waals surface area (Å²) in [5.41, 5.74) is 1.58. The maximum Gasteiger partial charge on any atom is 0.235 e. The van der Waals surface area contributed by atoms with Crippen LogP contribution in [0.2, 0.25) is 0 Å². The van der Waals surface area contributed by atoms with Gasteiger partial charge in [-0.15, -0.1) is 0 Å². The number of hydrogen-bond acceptors (Lipinski definition) is 4. The molecule has 6 nitrogen and oxygen atoms in total. The van der Waals surface area contributed by atoms with E-state index in [9.17, 15) is 14.0 Å². The fourth-order valence-electron chi connectivity index (χ4n) is 3.76. The molecule has 1 unspecified atom stereocenters. The van der Waals surface area contributed by atoms with Crippen molar-refractivity contribution in [2.75, 3.05) is 13.1 Å². The number of imide groups is 1. The van der Waals surface area contributed by atoms with Crippen LogP contribution < -0.4 is 10.6 Å². The van der Waals surface area contributed by atoms with E-state index in [0.717, 1.165) is 25.9 Å². The molecule has 24 heavy (non-hydrogen) atoms. The number of benzene rings is 1. The van der Waals surface area contributed by atoms with E-state index in [1.165, 1.54) is 0 Å². The summed E-state index contributed by atoms with van der Waals surface area (Å²) in [4.78, 5) is 23.4. The Morgan fingerprint density at radius 3 is 2.67 bits per heavy atom. The molecule has 3 heterocycles. The van der Waals surface area contributed by atoms with Crippen LogP contribution in [0.1, 0.15) is 48.8 Å². The Bertz CT molecular complexity index is 810. The lowest BCUT2D eigenvalue weighted by Gasteiger charge is -2.23. The third kappa shape index (κ3) is 2.49. The zero-order valence-corrected chi connectivity index (χ0v) is 13.2. The molecule has 2 aromatic rings. The van der Waals surface area contributed by atoms with Crippen molar-refractivity contribution < 1.29 is 14.0 Å². The molecule has 3 N–H and O–H groups in total. The van der Waals surface area contributed by atoms with Crippen LogP contribution in [0.25, 0.3) is 10.9 Å². The highest BCUT2D eigenvalue weighted by molar-refractivity contribution is 6.02. The van der Waals surface area contributed by atoms with Gasteiger partial charge in [-0.25, -0.2) is 4.39 Å².